The van der Waals surface area contributed by atoms with E-state index in [1.165, 1.54) is 12.8 Å². The molecule has 0 spiro atoms. The molecule has 1 N–H and O–H groups in total. The summed E-state index contributed by atoms with van der Waals surface area (Å²) < 4.78 is 5.66. The molecule has 1 aromatic carbocycles. The van der Waals surface area contributed by atoms with Crippen LogP contribution in [-0.4, -0.2) is 19.7 Å². The van der Waals surface area contributed by atoms with Crippen LogP contribution in [0.1, 0.15) is 33.1 Å². The molecule has 1 rings (SSSR count). The molecule has 0 bridgehead atoms. The molecule has 0 saturated carbocycles. The van der Waals surface area contributed by atoms with E-state index < -0.39 is 0 Å². The van der Waals surface area contributed by atoms with E-state index in [4.69, 9.17) is 4.74 Å². The van der Waals surface area contributed by atoms with Crippen molar-refractivity contribution in [3.05, 3.63) is 30.3 Å². The predicted molar refractivity (Wildman–Crippen MR) is 73.5 cm³/mol. The summed E-state index contributed by atoms with van der Waals surface area (Å²) in [6, 6.07) is 10.0. The van der Waals surface area contributed by atoms with Gasteiger partial charge in [0, 0.05) is 0 Å². The summed E-state index contributed by atoms with van der Waals surface area (Å²) in [6.07, 6.45) is 3.57. The van der Waals surface area contributed by atoms with Gasteiger partial charge >= 0.3 is 0 Å². The van der Waals surface area contributed by atoms with Crippen LogP contribution in [0, 0.1) is 5.92 Å². The number of benzene rings is 1. The van der Waals surface area contributed by atoms with Gasteiger partial charge in [0.25, 0.3) is 0 Å². The molecule has 2 nitrogen and oxygen atoms in total. The monoisotopic (exact) mass is 235 g/mol. The van der Waals surface area contributed by atoms with Gasteiger partial charge < -0.3 is 10.1 Å². The first kappa shape index (κ1) is 14.0. The van der Waals surface area contributed by atoms with Gasteiger partial charge in [-0.2, -0.15) is 0 Å². The lowest BCUT2D eigenvalue weighted by Crippen LogP contribution is -2.22. The van der Waals surface area contributed by atoms with E-state index in [9.17, 15) is 0 Å². The zero-order valence-electron chi connectivity index (χ0n) is 11.1. The quantitative estimate of drug-likeness (QED) is 0.662. The topological polar surface area (TPSA) is 21.3 Å². The van der Waals surface area contributed by atoms with Crippen molar-refractivity contribution in [2.24, 2.45) is 5.92 Å². The van der Waals surface area contributed by atoms with Gasteiger partial charge in [0.2, 0.25) is 0 Å². The van der Waals surface area contributed by atoms with Crippen molar-refractivity contribution in [1.29, 1.82) is 0 Å². The maximum atomic E-state index is 5.66. The van der Waals surface area contributed by atoms with E-state index in [0.29, 0.717) is 0 Å². The van der Waals surface area contributed by atoms with Gasteiger partial charge in [0.1, 0.15) is 5.75 Å². The summed E-state index contributed by atoms with van der Waals surface area (Å²) in [5, 5.41) is 3.45. The Morgan fingerprint density at radius 3 is 2.71 bits per heavy atom. The Balaban J connectivity index is 2.00. The number of rotatable bonds is 9. The van der Waals surface area contributed by atoms with Crippen LogP contribution in [-0.2, 0) is 0 Å². The minimum absolute atomic E-state index is 0.737. The summed E-state index contributed by atoms with van der Waals surface area (Å²) in [5.74, 6) is 1.71. The predicted octanol–water partition coefficient (Wildman–Crippen LogP) is 3.48. The zero-order valence-corrected chi connectivity index (χ0v) is 11.1. The summed E-state index contributed by atoms with van der Waals surface area (Å²) >= 11 is 0. The van der Waals surface area contributed by atoms with Crippen LogP contribution in [0.25, 0.3) is 0 Å². The second-order valence-corrected chi connectivity index (χ2v) is 4.61. The van der Waals surface area contributed by atoms with E-state index in [2.05, 4.69) is 19.2 Å². The zero-order chi connectivity index (χ0) is 12.3. The molecule has 1 atom stereocenters. The maximum absolute atomic E-state index is 5.66. The van der Waals surface area contributed by atoms with Crippen LogP contribution < -0.4 is 10.1 Å². The van der Waals surface area contributed by atoms with Crippen LogP contribution in [0.3, 0.4) is 0 Å². The van der Waals surface area contributed by atoms with E-state index in [1.807, 2.05) is 30.3 Å². The Morgan fingerprint density at radius 1 is 1.24 bits per heavy atom. The number of ether oxygens (including phenoxy) is 1. The molecular weight excluding hydrogens is 210 g/mol. The van der Waals surface area contributed by atoms with Crippen molar-refractivity contribution < 1.29 is 4.74 Å². The molecule has 0 aromatic heterocycles. The first-order chi connectivity index (χ1) is 8.33. The first-order valence-corrected chi connectivity index (χ1v) is 6.71. The van der Waals surface area contributed by atoms with Crippen molar-refractivity contribution in [3.8, 4) is 5.75 Å². The highest BCUT2D eigenvalue weighted by Crippen LogP contribution is 2.10. The molecule has 0 aliphatic heterocycles. The normalized spacial score (nSPS) is 12.4. The summed E-state index contributed by atoms with van der Waals surface area (Å²) in [5.41, 5.74) is 0. The average Bonchev–Trinajstić information content (AvgIpc) is 2.36. The molecule has 17 heavy (non-hydrogen) atoms. The Bertz CT molecular complexity index is 274. The molecule has 1 unspecified atom stereocenters. The highest BCUT2D eigenvalue weighted by molar-refractivity contribution is 5.20. The van der Waals surface area contributed by atoms with Crippen LogP contribution >= 0.6 is 0 Å². The van der Waals surface area contributed by atoms with Crippen LogP contribution in [0.2, 0.25) is 0 Å². The molecule has 0 fully saturated rings. The number of hydrogen-bond acceptors (Lipinski definition) is 2. The summed E-state index contributed by atoms with van der Waals surface area (Å²) in [6.45, 7) is 7.57. The largest absolute Gasteiger partial charge is 0.494 e. The van der Waals surface area contributed by atoms with Gasteiger partial charge in [-0.3, -0.25) is 0 Å². The van der Waals surface area contributed by atoms with Crippen molar-refractivity contribution in [2.75, 3.05) is 19.7 Å². The van der Waals surface area contributed by atoms with E-state index in [-0.39, 0.29) is 0 Å². The summed E-state index contributed by atoms with van der Waals surface area (Å²) in [4.78, 5) is 0. The minimum Gasteiger partial charge on any atom is -0.494 e. The molecule has 0 heterocycles. The van der Waals surface area contributed by atoms with Gasteiger partial charge in [-0.05, 0) is 50.4 Å². The van der Waals surface area contributed by atoms with Gasteiger partial charge in [-0.1, -0.05) is 32.0 Å². The molecule has 0 radical (unpaired) electrons. The second-order valence-electron chi connectivity index (χ2n) is 4.61. The standard InChI is InChI=1S/C15H25NO/c1-3-11-16-13-14(2)8-7-12-17-15-9-5-4-6-10-15/h4-6,9-10,14,16H,3,7-8,11-13H2,1-2H3. The molecular formula is C15H25NO. The lowest BCUT2D eigenvalue weighted by Gasteiger charge is -2.12. The second kappa shape index (κ2) is 9.06. The van der Waals surface area contributed by atoms with Gasteiger partial charge in [-0.25, -0.2) is 0 Å². The Kier molecular flexibility index (Phi) is 7.48. The highest BCUT2D eigenvalue weighted by atomic mass is 16.5. The van der Waals surface area contributed by atoms with Crippen molar-refractivity contribution in [2.45, 2.75) is 33.1 Å². The van der Waals surface area contributed by atoms with Crippen molar-refractivity contribution >= 4 is 0 Å². The third kappa shape index (κ3) is 7.01. The van der Waals surface area contributed by atoms with Crippen LogP contribution in [0.4, 0.5) is 0 Å². The first-order valence-electron chi connectivity index (χ1n) is 6.71. The van der Waals surface area contributed by atoms with Crippen LogP contribution in [0.5, 0.6) is 5.75 Å². The minimum atomic E-state index is 0.737. The van der Waals surface area contributed by atoms with Crippen molar-refractivity contribution in [1.82, 2.24) is 5.32 Å². The highest BCUT2D eigenvalue weighted by Gasteiger charge is 2.01. The SMILES string of the molecule is CCCNCC(C)CCCOc1ccccc1. The summed E-state index contributed by atoms with van der Waals surface area (Å²) in [7, 11) is 0. The number of nitrogens with one attached hydrogen (secondary N) is 1. The Labute approximate surface area is 105 Å². The lowest BCUT2D eigenvalue weighted by molar-refractivity contribution is 0.293. The fourth-order valence-electron chi connectivity index (χ4n) is 1.77. The molecule has 1 aromatic rings. The number of hydrogen-bond donors (Lipinski definition) is 1. The lowest BCUT2D eigenvalue weighted by atomic mass is 10.1. The molecule has 0 amide bonds. The van der Waals surface area contributed by atoms with Gasteiger partial charge in [0.05, 0.1) is 6.61 Å². The molecule has 96 valence electrons. The fraction of sp³-hybridized carbons (Fsp3) is 0.600. The molecule has 2 heteroatoms. The van der Waals surface area contributed by atoms with Crippen LogP contribution in [0.15, 0.2) is 30.3 Å². The van der Waals surface area contributed by atoms with Gasteiger partial charge in [0.15, 0.2) is 0 Å². The van der Waals surface area contributed by atoms with Gasteiger partial charge in [-0.15, -0.1) is 0 Å². The molecule has 0 aliphatic carbocycles. The Hall–Kier alpha value is -1.02. The average molecular weight is 235 g/mol. The fourth-order valence-corrected chi connectivity index (χ4v) is 1.77. The van der Waals surface area contributed by atoms with E-state index in [1.54, 1.807) is 0 Å². The number of para-hydroxylation sites is 1. The third-order valence-electron chi connectivity index (χ3n) is 2.77. The molecule has 0 saturated heterocycles. The maximum Gasteiger partial charge on any atom is 0.119 e. The molecule has 0 aliphatic rings. The van der Waals surface area contributed by atoms with E-state index >= 15 is 0 Å². The third-order valence-corrected chi connectivity index (χ3v) is 2.77. The Morgan fingerprint density at radius 2 is 2.00 bits per heavy atom. The van der Waals surface area contributed by atoms with E-state index in [0.717, 1.165) is 37.8 Å². The van der Waals surface area contributed by atoms with Crippen molar-refractivity contribution in [3.63, 3.8) is 0 Å². The smallest absolute Gasteiger partial charge is 0.119 e.